The van der Waals surface area contributed by atoms with Gasteiger partial charge in [0.25, 0.3) is 0 Å². The molecule has 0 radical (unpaired) electrons. The van der Waals surface area contributed by atoms with Crippen LogP contribution < -0.4 is 5.32 Å². The Balaban J connectivity index is 1.72. The van der Waals surface area contributed by atoms with Crippen LogP contribution in [-0.4, -0.2) is 15.8 Å². The van der Waals surface area contributed by atoms with Crippen LogP contribution in [0.1, 0.15) is 50.1 Å². The summed E-state index contributed by atoms with van der Waals surface area (Å²) in [5.41, 5.74) is 1.30. The van der Waals surface area contributed by atoms with Gasteiger partial charge in [0, 0.05) is 25.1 Å². The van der Waals surface area contributed by atoms with Crippen LogP contribution in [0.15, 0.2) is 6.07 Å². The first-order valence-electron chi connectivity index (χ1n) is 6.13. The minimum atomic E-state index is 0.703. The molecule has 0 amide bonds. The molecule has 82 valence electrons. The lowest BCUT2D eigenvalue weighted by atomic mass is 9.83. The fraction of sp³-hybridized carbons (Fsp3) is 0.750. The van der Waals surface area contributed by atoms with Crippen LogP contribution in [0.5, 0.6) is 0 Å². The van der Waals surface area contributed by atoms with E-state index in [1.165, 1.54) is 50.0 Å². The molecule has 2 aliphatic carbocycles. The first kappa shape index (κ1) is 9.25. The molecule has 0 aliphatic heterocycles. The summed E-state index contributed by atoms with van der Waals surface area (Å²) in [5, 5.41) is 8.17. The van der Waals surface area contributed by atoms with Crippen molar-refractivity contribution < 1.29 is 0 Å². The Hall–Kier alpha value is -0.990. The predicted octanol–water partition coefficient (Wildman–Crippen LogP) is 2.65. The molecule has 0 atom stereocenters. The van der Waals surface area contributed by atoms with E-state index in [1.807, 2.05) is 11.7 Å². The normalized spacial score (nSPS) is 22.2. The molecule has 0 spiro atoms. The summed E-state index contributed by atoms with van der Waals surface area (Å²) in [6, 6.07) is 2.96. The molecule has 3 heteroatoms. The molecule has 1 aromatic heterocycles. The fourth-order valence-corrected chi connectivity index (χ4v) is 2.29. The van der Waals surface area contributed by atoms with Gasteiger partial charge in [-0.05, 0) is 32.1 Å². The van der Waals surface area contributed by atoms with Crippen LogP contribution in [0.3, 0.4) is 0 Å². The summed E-state index contributed by atoms with van der Waals surface area (Å²) in [6.45, 7) is 0. The third-order valence-electron chi connectivity index (χ3n) is 3.88. The van der Waals surface area contributed by atoms with E-state index in [-0.39, 0.29) is 0 Å². The number of hydrogen-bond donors (Lipinski definition) is 1. The van der Waals surface area contributed by atoms with Gasteiger partial charge in [-0.3, -0.25) is 4.68 Å². The third kappa shape index (κ3) is 1.64. The van der Waals surface area contributed by atoms with Gasteiger partial charge in [0.15, 0.2) is 0 Å². The fourth-order valence-electron chi connectivity index (χ4n) is 2.29. The van der Waals surface area contributed by atoms with Crippen molar-refractivity contribution in [3.8, 4) is 0 Å². The number of hydrogen-bond acceptors (Lipinski definition) is 2. The highest BCUT2D eigenvalue weighted by Gasteiger charge is 2.24. The molecular formula is C12H19N3. The van der Waals surface area contributed by atoms with Gasteiger partial charge in [-0.2, -0.15) is 5.10 Å². The number of aryl methyl sites for hydroxylation is 1. The molecular weight excluding hydrogens is 186 g/mol. The van der Waals surface area contributed by atoms with Crippen LogP contribution >= 0.6 is 0 Å². The molecule has 0 saturated heterocycles. The number of rotatable bonds is 3. The number of nitrogens with zero attached hydrogens (tertiary/aromatic N) is 2. The SMILES string of the molecule is Cn1nc(C2CCC2)cc1NC1CCC1. The predicted molar refractivity (Wildman–Crippen MR) is 61.1 cm³/mol. The molecule has 3 nitrogen and oxygen atoms in total. The Morgan fingerprint density at radius 3 is 2.53 bits per heavy atom. The van der Waals surface area contributed by atoms with E-state index in [0.717, 1.165) is 5.92 Å². The van der Waals surface area contributed by atoms with Crippen LogP contribution in [0, 0.1) is 0 Å². The average molecular weight is 205 g/mol. The second kappa shape index (κ2) is 3.54. The van der Waals surface area contributed by atoms with E-state index >= 15 is 0 Å². The van der Waals surface area contributed by atoms with Crippen molar-refractivity contribution in [1.82, 2.24) is 9.78 Å². The van der Waals surface area contributed by atoms with Gasteiger partial charge in [-0.1, -0.05) is 6.42 Å². The van der Waals surface area contributed by atoms with Crippen molar-refractivity contribution in [3.63, 3.8) is 0 Å². The summed E-state index contributed by atoms with van der Waals surface area (Å²) in [5.74, 6) is 1.95. The Bertz CT molecular complexity index is 348. The van der Waals surface area contributed by atoms with E-state index < -0.39 is 0 Å². The molecule has 2 fully saturated rings. The largest absolute Gasteiger partial charge is 0.368 e. The Morgan fingerprint density at radius 2 is 2.00 bits per heavy atom. The van der Waals surface area contributed by atoms with E-state index in [2.05, 4.69) is 16.5 Å². The molecule has 1 N–H and O–H groups in total. The lowest BCUT2D eigenvalue weighted by molar-refractivity contribution is 0.407. The monoisotopic (exact) mass is 205 g/mol. The van der Waals surface area contributed by atoms with Crippen molar-refractivity contribution in [2.75, 3.05) is 5.32 Å². The molecule has 0 aromatic carbocycles. The van der Waals surface area contributed by atoms with Crippen molar-refractivity contribution in [2.24, 2.45) is 7.05 Å². The summed E-state index contributed by atoms with van der Waals surface area (Å²) < 4.78 is 2.01. The van der Waals surface area contributed by atoms with E-state index in [1.54, 1.807) is 0 Å². The van der Waals surface area contributed by atoms with E-state index in [0.29, 0.717) is 6.04 Å². The Labute approximate surface area is 90.9 Å². The molecule has 15 heavy (non-hydrogen) atoms. The van der Waals surface area contributed by atoms with Gasteiger partial charge < -0.3 is 5.32 Å². The zero-order chi connectivity index (χ0) is 10.3. The summed E-state index contributed by atoms with van der Waals surface area (Å²) in [4.78, 5) is 0. The maximum absolute atomic E-state index is 4.60. The van der Waals surface area contributed by atoms with Crippen molar-refractivity contribution >= 4 is 5.82 Å². The van der Waals surface area contributed by atoms with Crippen LogP contribution in [0.2, 0.25) is 0 Å². The summed E-state index contributed by atoms with van der Waals surface area (Å²) >= 11 is 0. The minimum absolute atomic E-state index is 0.703. The van der Waals surface area contributed by atoms with Gasteiger partial charge in [-0.15, -0.1) is 0 Å². The number of anilines is 1. The molecule has 2 aliphatic rings. The summed E-state index contributed by atoms with van der Waals surface area (Å²) in [7, 11) is 2.04. The quantitative estimate of drug-likeness (QED) is 0.822. The minimum Gasteiger partial charge on any atom is -0.368 e. The lowest BCUT2D eigenvalue weighted by Gasteiger charge is -2.27. The van der Waals surface area contributed by atoms with E-state index in [4.69, 9.17) is 0 Å². The van der Waals surface area contributed by atoms with Gasteiger partial charge >= 0.3 is 0 Å². The van der Waals surface area contributed by atoms with Crippen molar-refractivity contribution in [2.45, 2.75) is 50.5 Å². The number of nitrogens with one attached hydrogen (secondary N) is 1. The average Bonchev–Trinajstić information content (AvgIpc) is 2.37. The Kier molecular flexibility index (Phi) is 2.19. The molecule has 2 saturated carbocycles. The van der Waals surface area contributed by atoms with Crippen LogP contribution in [0.25, 0.3) is 0 Å². The molecule has 0 bridgehead atoms. The number of aromatic nitrogens is 2. The third-order valence-corrected chi connectivity index (χ3v) is 3.88. The Morgan fingerprint density at radius 1 is 1.27 bits per heavy atom. The van der Waals surface area contributed by atoms with Gasteiger partial charge in [-0.25, -0.2) is 0 Å². The van der Waals surface area contributed by atoms with Crippen LogP contribution in [-0.2, 0) is 7.05 Å². The highest BCUT2D eigenvalue weighted by atomic mass is 15.3. The lowest BCUT2D eigenvalue weighted by Crippen LogP contribution is -2.27. The highest BCUT2D eigenvalue weighted by molar-refractivity contribution is 5.39. The smallest absolute Gasteiger partial charge is 0.124 e. The molecule has 1 heterocycles. The van der Waals surface area contributed by atoms with E-state index in [9.17, 15) is 0 Å². The first-order valence-corrected chi connectivity index (χ1v) is 6.13. The van der Waals surface area contributed by atoms with Gasteiger partial charge in [0.2, 0.25) is 0 Å². The second-order valence-electron chi connectivity index (χ2n) is 4.98. The highest BCUT2D eigenvalue weighted by Crippen LogP contribution is 2.36. The first-order chi connectivity index (χ1) is 7.33. The van der Waals surface area contributed by atoms with Crippen molar-refractivity contribution in [3.05, 3.63) is 11.8 Å². The zero-order valence-electron chi connectivity index (χ0n) is 9.37. The molecule has 0 unspecified atom stereocenters. The van der Waals surface area contributed by atoms with Crippen molar-refractivity contribution in [1.29, 1.82) is 0 Å². The maximum atomic E-state index is 4.60. The zero-order valence-corrected chi connectivity index (χ0v) is 9.37. The second-order valence-corrected chi connectivity index (χ2v) is 4.98. The molecule has 1 aromatic rings. The standard InChI is InChI=1S/C12H19N3/c1-15-12(13-10-6-3-7-10)8-11(14-15)9-4-2-5-9/h8-10,13H,2-7H2,1H3. The topological polar surface area (TPSA) is 29.9 Å². The van der Waals surface area contributed by atoms with Gasteiger partial charge in [0.05, 0.1) is 5.69 Å². The maximum Gasteiger partial charge on any atom is 0.124 e. The molecule has 3 rings (SSSR count). The van der Waals surface area contributed by atoms with Crippen LogP contribution in [0.4, 0.5) is 5.82 Å². The van der Waals surface area contributed by atoms with Gasteiger partial charge in [0.1, 0.15) is 5.82 Å². The summed E-state index contributed by atoms with van der Waals surface area (Å²) in [6.07, 6.45) is 8.07.